The number of hydrogen-bond donors (Lipinski definition) is 2. The largest absolute Gasteiger partial charge is 0.387 e. The van der Waals surface area contributed by atoms with Crippen LogP contribution in [0.1, 0.15) is 24.5 Å². The fourth-order valence-corrected chi connectivity index (χ4v) is 5.00. The molecule has 3 aromatic rings. The van der Waals surface area contributed by atoms with Crippen molar-refractivity contribution in [1.82, 2.24) is 14.3 Å². The molecule has 30 heavy (non-hydrogen) atoms. The van der Waals surface area contributed by atoms with Gasteiger partial charge in [0.25, 0.3) is 0 Å². The molecule has 2 heterocycles. The summed E-state index contributed by atoms with van der Waals surface area (Å²) in [6, 6.07) is 18.0. The quantitative estimate of drug-likeness (QED) is 0.605. The topological polar surface area (TPSA) is 95.4 Å². The van der Waals surface area contributed by atoms with Crippen LogP contribution in [-0.4, -0.2) is 47.4 Å². The molecule has 0 saturated carbocycles. The van der Waals surface area contributed by atoms with Gasteiger partial charge in [-0.3, -0.25) is 0 Å². The van der Waals surface area contributed by atoms with E-state index in [-0.39, 0.29) is 0 Å². The Balaban J connectivity index is 1.46. The van der Waals surface area contributed by atoms with E-state index in [9.17, 15) is 13.5 Å². The molecule has 4 rings (SSSR count). The van der Waals surface area contributed by atoms with E-state index in [2.05, 4.69) is 15.3 Å². The molecule has 0 amide bonds. The maximum atomic E-state index is 12.7. The van der Waals surface area contributed by atoms with Crippen LogP contribution in [0.2, 0.25) is 0 Å². The average molecular weight is 425 g/mol. The van der Waals surface area contributed by atoms with Gasteiger partial charge in [-0.15, -0.1) is 0 Å². The summed E-state index contributed by atoms with van der Waals surface area (Å²) in [6.07, 6.45) is 2.61. The summed E-state index contributed by atoms with van der Waals surface area (Å²) >= 11 is 0. The van der Waals surface area contributed by atoms with E-state index in [1.54, 1.807) is 30.3 Å². The summed E-state index contributed by atoms with van der Waals surface area (Å²) in [4.78, 5) is 8.79. The van der Waals surface area contributed by atoms with Gasteiger partial charge < -0.3 is 10.4 Å². The first-order chi connectivity index (χ1) is 14.5. The van der Waals surface area contributed by atoms with Gasteiger partial charge in [-0.1, -0.05) is 42.5 Å². The van der Waals surface area contributed by atoms with Crippen molar-refractivity contribution in [2.45, 2.75) is 23.8 Å². The highest BCUT2D eigenvalue weighted by molar-refractivity contribution is 7.89. The van der Waals surface area contributed by atoms with E-state index in [1.807, 2.05) is 30.3 Å². The number of aliphatic hydroxyl groups excluding tert-OH is 1. The third kappa shape index (κ3) is 4.51. The predicted octanol–water partition coefficient (Wildman–Crippen LogP) is 3.07. The number of rotatable bonds is 7. The van der Waals surface area contributed by atoms with Gasteiger partial charge in [0.15, 0.2) is 0 Å². The summed E-state index contributed by atoms with van der Waals surface area (Å²) in [5.74, 6) is 0.587. The standard InChI is InChI=1S/C22H24N4O3S/c27-21(18-6-2-1-3-7-18)15-23-22-14-20(24-16-25-22)17-8-10-19(11-9-17)30(28,29)26-12-4-5-13-26/h1-3,6-11,14,16,21,27H,4-5,12-13,15H2,(H,23,24,25)/t21-/m0/s1. The third-order valence-electron chi connectivity index (χ3n) is 5.18. The number of aliphatic hydroxyl groups is 1. The molecule has 0 unspecified atom stereocenters. The molecule has 1 atom stereocenters. The summed E-state index contributed by atoms with van der Waals surface area (Å²) < 4.78 is 26.9. The predicted molar refractivity (Wildman–Crippen MR) is 115 cm³/mol. The summed E-state index contributed by atoms with van der Waals surface area (Å²) in [5.41, 5.74) is 2.30. The van der Waals surface area contributed by atoms with Crippen LogP contribution >= 0.6 is 0 Å². The molecule has 1 aliphatic heterocycles. The smallest absolute Gasteiger partial charge is 0.243 e. The van der Waals surface area contributed by atoms with Gasteiger partial charge in [-0.25, -0.2) is 18.4 Å². The van der Waals surface area contributed by atoms with E-state index in [4.69, 9.17) is 0 Å². The Labute approximate surface area is 176 Å². The molecule has 2 N–H and O–H groups in total. The number of nitrogens with zero attached hydrogens (tertiary/aromatic N) is 3. The van der Waals surface area contributed by atoms with E-state index in [0.29, 0.717) is 36.0 Å². The van der Waals surface area contributed by atoms with Crippen LogP contribution in [0.25, 0.3) is 11.3 Å². The molecule has 1 aliphatic rings. The Morgan fingerprint density at radius 2 is 1.70 bits per heavy atom. The van der Waals surface area contributed by atoms with Crippen LogP contribution < -0.4 is 5.32 Å². The van der Waals surface area contributed by atoms with Gasteiger partial charge in [0, 0.05) is 31.3 Å². The zero-order valence-electron chi connectivity index (χ0n) is 16.5. The van der Waals surface area contributed by atoms with E-state index >= 15 is 0 Å². The molecule has 1 fully saturated rings. The van der Waals surface area contributed by atoms with Crippen molar-refractivity contribution in [3.8, 4) is 11.3 Å². The Kier molecular flexibility index (Phi) is 6.08. The molecule has 7 nitrogen and oxygen atoms in total. The normalized spacial score (nSPS) is 15.8. The van der Waals surface area contributed by atoms with E-state index in [1.165, 1.54) is 10.6 Å². The minimum Gasteiger partial charge on any atom is -0.387 e. The maximum absolute atomic E-state index is 12.7. The van der Waals surface area contributed by atoms with Crippen LogP contribution in [-0.2, 0) is 10.0 Å². The van der Waals surface area contributed by atoms with Gasteiger partial charge >= 0.3 is 0 Å². The maximum Gasteiger partial charge on any atom is 0.243 e. The summed E-state index contributed by atoms with van der Waals surface area (Å²) in [6.45, 7) is 1.48. The lowest BCUT2D eigenvalue weighted by molar-refractivity contribution is 0.191. The van der Waals surface area contributed by atoms with Crippen LogP contribution in [0.4, 0.5) is 5.82 Å². The number of nitrogens with one attached hydrogen (secondary N) is 1. The first kappa shape index (κ1) is 20.5. The second kappa shape index (κ2) is 8.91. The minimum atomic E-state index is -3.43. The molecule has 8 heteroatoms. The molecule has 0 radical (unpaired) electrons. The van der Waals surface area contributed by atoms with Gasteiger partial charge in [0.05, 0.1) is 16.7 Å². The molecular weight excluding hydrogens is 400 g/mol. The highest BCUT2D eigenvalue weighted by atomic mass is 32.2. The van der Waals surface area contributed by atoms with Crippen LogP contribution in [0.15, 0.2) is 71.9 Å². The Bertz CT molecular complexity index is 1080. The van der Waals surface area contributed by atoms with Crippen LogP contribution in [0.5, 0.6) is 0 Å². The monoisotopic (exact) mass is 424 g/mol. The molecule has 156 valence electrons. The van der Waals surface area contributed by atoms with Gasteiger partial charge in [-0.05, 0) is 30.5 Å². The van der Waals surface area contributed by atoms with Crippen molar-refractivity contribution in [2.75, 3.05) is 25.0 Å². The number of anilines is 1. The Morgan fingerprint density at radius 1 is 1.00 bits per heavy atom. The third-order valence-corrected chi connectivity index (χ3v) is 7.09. The summed E-state index contributed by atoms with van der Waals surface area (Å²) in [7, 11) is -3.43. The number of benzene rings is 2. The molecule has 1 aromatic heterocycles. The molecule has 1 saturated heterocycles. The lowest BCUT2D eigenvalue weighted by atomic mass is 10.1. The average Bonchev–Trinajstić information content (AvgIpc) is 3.34. The molecule has 0 aliphatic carbocycles. The van der Waals surface area contributed by atoms with Crippen molar-refractivity contribution in [3.63, 3.8) is 0 Å². The Morgan fingerprint density at radius 3 is 2.40 bits per heavy atom. The highest BCUT2D eigenvalue weighted by Gasteiger charge is 2.26. The molecule has 2 aromatic carbocycles. The first-order valence-electron chi connectivity index (χ1n) is 9.93. The molecule has 0 bridgehead atoms. The van der Waals surface area contributed by atoms with Gasteiger partial charge in [0.2, 0.25) is 10.0 Å². The lowest BCUT2D eigenvalue weighted by Crippen LogP contribution is -2.27. The van der Waals surface area contributed by atoms with Crippen LogP contribution in [0.3, 0.4) is 0 Å². The molecular formula is C22H24N4O3S. The highest BCUT2D eigenvalue weighted by Crippen LogP contribution is 2.25. The van der Waals surface area contributed by atoms with E-state index in [0.717, 1.165) is 24.0 Å². The SMILES string of the molecule is O=S(=O)(c1ccc(-c2cc(NC[C@H](O)c3ccccc3)ncn2)cc1)N1CCCC1. The van der Waals surface area contributed by atoms with Gasteiger partial charge in [-0.2, -0.15) is 4.31 Å². The number of aromatic nitrogens is 2. The summed E-state index contributed by atoms with van der Waals surface area (Å²) in [5, 5.41) is 13.4. The Hall–Kier alpha value is -2.81. The minimum absolute atomic E-state index is 0.298. The van der Waals surface area contributed by atoms with Crippen LogP contribution in [0, 0.1) is 0 Å². The van der Waals surface area contributed by atoms with Gasteiger partial charge in [0.1, 0.15) is 12.1 Å². The van der Waals surface area contributed by atoms with Crippen molar-refractivity contribution >= 4 is 15.8 Å². The second-order valence-corrected chi connectivity index (χ2v) is 9.17. The zero-order chi connectivity index (χ0) is 21.0. The first-order valence-corrected chi connectivity index (χ1v) is 11.4. The van der Waals surface area contributed by atoms with Crippen molar-refractivity contribution < 1.29 is 13.5 Å². The zero-order valence-corrected chi connectivity index (χ0v) is 17.3. The fourth-order valence-electron chi connectivity index (χ4n) is 3.48. The number of sulfonamides is 1. The van der Waals surface area contributed by atoms with Crippen molar-refractivity contribution in [2.24, 2.45) is 0 Å². The fraction of sp³-hybridized carbons (Fsp3) is 0.273. The lowest BCUT2D eigenvalue weighted by Gasteiger charge is -2.15. The second-order valence-electron chi connectivity index (χ2n) is 7.23. The van der Waals surface area contributed by atoms with Crippen molar-refractivity contribution in [3.05, 3.63) is 72.6 Å². The number of hydrogen-bond acceptors (Lipinski definition) is 6. The van der Waals surface area contributed by atoms with E-state index < -0.39 is 16.1 Å². The molecule has 0 spiro atoms. The van der Waals surface area contributed by atoms with Crippen molar-refractivity contribution in [1.29, 1.82) is 0 Å².